The quantitative estimate of drug-likeness (QED) is 0.871. The Morgan fingerprint density at radius 2 is 2.53 bits per heavy atom. The SMILES string of the molecule is CCC1CN=C(Nc2cnn(CCOC)c2)S1. The normalized spacial score (nSPS) is 19.4. The Morgan fingerprint density at radius 3 is 3.24 bits per heavy atom. The Balaban J connectivity index is 1.85. The summed E-state index contributed by atoms with van der Waals surface area (Å²) < 4.78 is 6.87. The molecule has 0 saturated heterocycles. The molecule has 1 unspecified atom stereocenters. The van der Waals surface area contributed by atoms with Crippen molar-refractivity contribution in [2.45, 2.75) is 25.1 Å². The van der Waals surface area contributed by atoms with E-state index in [1.807, 2.05) is 28.8 Å². The third kappa shape index (κ3) is 3.47. The number of thioether (sulfide) groups is 1. The number of hydrogen-bond donors (Lipinski definition) is 1. The first kappa shape index (κ1) is 12.4. The van der Waals surface area contributed by atoms with E-state index >= 15 is 0 Å². The molecule has 0 aromatic carbocycles. The Kier molecular flexibility index (Phi) is 4.44. The van der Waals surface area contributed by atoms with E-state index in [0.29, 0.717) is 11.9 Å². The fourth-order valence-corrected chi connectivity index (χ4v) is 2.51. The van der Waals surface area contributed by atoms with Crippen molar-refractivity contribution in [3.8, 4) is 0 Å². The molecule has 0 bridgehead atoms. The van der Waals surface area contributed by atoms with Crippen molar-refractivity contribution in [1.82, 2.24) is 9.78 Å². The van der Waals surface area contributed by atoms with Crippen molar-refractivity contribution < 1.29 is 4.74 Å². The fourth-order valence-electron chi connectivity index (χ4n) is 1.56. The largest absolute Gasteiger partial charge is 0.383 e. The summed E-state index contributed by atoms with van der Waals surface area (Å²) in [5, 5.41) is 9.16. The van der Waals surface area contributed by atoms with Crippen molar-refractivity contribution in [3.05, 3.63) is 12.4 Å². The molecule has 1 N–H and O–H groups in total. The van der Waals surface area contributed by atoms with Gasteiger partial charge in [-0.05, 0) is 6.42 Å². The van der Waals surface area contributed by atoms with E-state index in [4.69, 9.17) is 4.74 Å². The van der Waals surface area contributed by atoms with Crippen LogP contribution in [0.3, 0.4) is 0 Å². The van der Waals surface area contributed by atoms with Crippen LogP contribution in [0.2, 0.25) is 0 Å². The predicted molar refractivity (Wildman–Crippen MR) is 71.7 cm³/mol. The van der Waals surface area contributed by atoms with Gasteiger partial charge >= 0.3 is 0 Å². The highest BCUT2D eigenvalue weighted by atomic mass is 32.2. The minimum absolute atomic E-state index is 0.626. The highest BCUT2D eigenvalue weighted by molar-refractivity contribution is 8.15. The standard InChI is InChI=1S/C11H18N4OS/c1-3-10-7-12-11(17-10)14-9-6-13-15(8-9)4-5-16-2/h6,8,10H,3-5,7H2,1-2H3,(H,12,14). The van der Waals surface area contributed by atoms with Crippen LogP contribution in [0, 0.1) is 0 Å². The van der Waals surface area contributed by atoms with Crippen LogP contribution < -0.4 is 5.32 Å². The molecular weight excluding hydrogens is 236 g/mol. The van der Waals surface area contributed by atoms with E-state index in [0.717, 1.165) is 30.4 Å². The van der Waals surface area contributed by atoms with Gasteiger partial charge in [0.05, 0.1) is 31.6 Å². The van der Waals surface area contributed by atoms with E-state index in [-0.39, 0.29) is 0 Å². The molecule has 6 heteroatoms. The summed E-state index contributed by atoms with van der Waals surface area (Å²) in [6.07, 6.45) is 4.95. The summed E-state index contributed by atoms with van der Waals surface area (Å²) in [6.45, 7) is 4.56. The van der Waals surface area contributed by atoms with Gasteiger partial charge in [0, 0.05) is 18.6 Å². The second-order valence-corrected chi connectivity index (χ2v) is 5.19. The van der Waals surface area contributed by atoms with E-state index in [9.17, 15) is 0 Å². The minimum atomic E-state index is 0.626. The molecule has 5 nitrogen and oxygen atoms in total. The van der Waals surface area contributed by atoms with Gasteiger partial charge in [-0.15, -0.1) is 0 Å². The maximum absolute atomic E-state index is 5.01. The topological polar surface area (TPSA) is 51.4 Å². The third-order valence-corrected chi connectivity index (χ3v) is 3.85. The second-order valence-electron chi connectivity index (χ2n) is 3.90. The highest BCUT2D eigenvalue weighted by Crippen LogP contribution is 2.24. The molecule has 1 aromatic heterocycles. The summed E-state index contributed by atoms with van der Waals surface area (Å²) in [5.41, 5.74) is 0.990. The van der Waals surface area contributed by atoms with Crippen LogP contribution >= 0.6 is 11.8 Å². The molecule has 0 aliphatic carbocycles. The van der Waals surface area contributed by atoms with Gasteiger partial charge in [-0.25, -0.2) is 0 Å². The maximum atomic E-state index is 5.01. The number of anilines is 1. The van der Waals surface area contributed by atoms with E-state index in [1.54, 1.807) is 7.11 Å². The van der Waals surface area contributed by atoms with Gasteiger partial charge in [0.1, 0.15) is 0 Å². The fraction of sp³-hybridized carbons (Fsp3) is 0.636. The molecule has 17 heavy (non-hydrogen) atoms. The second kappa shape index (κ2) is 6.07. The average Bonchev–Trinajstić information content (AvgIpc) is 2.96. The lowest BCUT2D eigenvalue weighted by molar-refractivity contribution is 0.183. The molecule has 0 saturated carbocycles. The monoisotopic (exact) mass is 254 g/mol. The first-order chi connectivity index (χ1) is 8.31. The van der Waals surface area contributed by atoms with Crippen LogP contribution in [-0.2, 0) is 11.3 Å². The zero-order valence-corrected chi connectivity index (χ0v) is 11.0. The van der Waals surface area contributed by atoms with E-state index in [1.165, 1.54) is 0 Å². The summed E-state index contributed by atoms with van der Waals surface area (Å²) in [6, 6.07) is 0. The van der Waals surface area contributed by atoms with Gasteiger partial charge < -0.3 is 10.1 Å². The Bertz CT molecular complexity index is 391. The van der Waals surface area contributed by atoms with Crippen molar-refractivity contribution in [1.29, 1.82) is 0 Å². The molecule has 0 amide bonds. The number of ether oxygens (including phenoxy) is 1. The first-order valence-corrected chi connectivity index (χ1v) is 6.69. The zero-order valence-electron chi connectivity index (χ0n) is 10.2. The molecule has 0 fully saturated rings. The number of methoxy groups -OCH3 is 1. The number of rotatable bonds is 5. The number of nitrogens with zero attached hydrogens (tertiary/aromatic N) is 3. The smallest absolute Gasteiger partial charge is 0.161 e. The lowest BCUT2D eigenvalue weighted by Gasteiger charge is -2.04. The van der Waals surface area contributed by atoms with Crippen LogP contribution in [-0.4, -0.2) is 40.5 Å². The third-order valence-electron chi connectivity index (χ3n) is 2.58. The van der Waals surface area contributed by atoms with Crippen LogP contribution in [0.25, 0.3) is 0 Å². The molecule has 94 valence electrons. The number of amidine groups is 1. The Labute approximate surface area is 106 Å². The lowest BCUT2D eigenvalue weighted by Crippen LogP contribution is -2.07. The molecule has 1 aliphatic heterocycles. The number of aliphatic imine (C=N–C) groups is 1. The van der Waals surface area contributed by atoms with Crippen LogP contribution in [0.5, 0.6) is 0 Å². The van der Waals surface area contributed by atoms with Gasteiger partial charge in [-0.3, -0.25) is 9.67 Å². The number of nitrogens with one attached hydrogen (secondary N) is 1. The summed E-state index contributed by atoms with van der Waals surface area (Å²) >= 11 is 1.81. The molecular formula is C11H18N4OS. The van der Waals surface area contributed by atoms with Gasteiger partial charge in [0.2, 0.25) is 0 Å². The van der Waals surface area contributed by atoms with Crippen molar-refractivity contribution in [2.24, 2.45) is 4.99 Å². The van der Waals surface area contributed by atoms with Crippen LogP contribution in [0.1, 0.15) is 13.3 Å². The summed E-state index contributed by atoms with van der Waals surface area (Å²) in [4.78, 5) is 4.46. The first-order valence-electron chi connectivity index (χ1n) is 5.81. The van der Waals surface area contributed by atoms with Crippen LogP contribution in [0.4, 0.5) is 5.69 Å². The lowest BCUT2D eigenvalue weighted by atomic mass is 10.3. The molecule has 2 rings (SSSR count). The van der Waals surface area contributed by atoms with Crippen LogP contribution in [0.15, 0.2) is 17.4 Å². The van der Waals surface area contributed by atoms with Gasteiger partial charge in [-0.2, -0.15) is 5.10 Å². The highest BCUT2D eigenvalue weighted by Gasteiger charge is 2.17. The molecule has 0 spiro atoms. The minimum Gasteiger partial charge on any atom is -0.383 e. The Hall–Kier alpha value is -1.01. The average molecular weight is 254 g/mol. The molecule has 1 aromatic rings. The summed E-state index contributed by atoms with van der Waals surface area (Å²) in [7, 11) is 1.69. The van der Waals surface area contributed by atoms with Crippen molar-refractivity contribution in [2.75, 3.05) is 25.6 Å². The van der Waals surface area contributed by atoms with Gasteiger partial charge in [0.15, 0.2) is 5.17 Å². The molecule has 1 atom stereocenters. The molecule has 0 radical (unpaired) electrons. The Morgan fingerprint density at radius 1 is 1.65 bits per heavy atom. The zero-order chi connectivity index (χ0) is 12.1. The van der Waals surface area contributed by atoms with E-state index < -0.39 is 0 Å². The van der Waals surface area contributed by atoms with E-state index in [2.05, 4.69) is 22.3 Å². The summed E-state index contributed by atoms with van der Waals surface area (Å²) in [5.74, 6) is 0. The van der Waals surface area contributed by atoms with Crippen molar-refractivity contribution in [3.63, 3.8) is 0 Å². The van der Waals surface area contributed by atoms with Gasteiger partial charge in [-0.1, -0.05) is 18.7 Å². The van der Waals surface area contributed by atoms with Crippen molar-refractivity contribution >= 4 is 22.6 Å². The molecule has 2 heterocycles. The predicted octanol–water partition coefficient (Wildman–Crippen LogP) is 1.82. The number of hydrogen-bond acceptors (Lipinski definition) is 5. The maximum Gasteiger partial charge on any atom is 0.161 e. The number of aromatic nitrogens is 2. The van der Waals surface area contributed by atoms with Gasteiger partial charge in [0.25, 0.3) is 0 Å². The molecule has 1 aliphatic rings.